The molecule has 0 spiro atoms. The van der Waals surface area contributed by atoms with Crippen LogP contribution in [0.5, 0.6) is 0 Å². The summed E-state index contributed by atoms with van der Waals surface area (Å²) >= 11 is 0. The van der Waals surface area contributed by atoms with Gasteiger partial charge in [-0.2, -0.15) is 0 Å². The Labute approximate surface area is 163 Å². The molecular formula is C20H25N7O. The molecule has 1 aliphatic heterocycles. The Morgan fingerprint density at radius 1 is 1.29 bits per heavy atom. The first kappa shape index (κ1) is 18.5. The summed E-state index contributed by atoms with van der Waals surface area (Å²) < 4.78 is 2.14. The molecule has 2 N–H and O–H groups in total. The molecule has 0 saturated carbocycles. The second-order valence-electron chi connectivity index (χ2n) is 7.49. The fourth-order valence-electron chi connectivity index (χ4n) is 3.60. The Balaban J connectivity index is 1.65. The van der Waals surface area contributed by atoms with Gasteiger partial charge in [-0.3, -0.25) is 4.79 Å². The summed E-state index contributed by atoms with van der Waals surface area (Å²) in [6.45, 7) is 8.57. The first-order valence-electron chi connectivity index (χ1n) is 9.70. The van der Waals surface area contributed by atoms with E-state index in [0.717, 1.165) is 43.1 Å². The molecule has 0 bridgehead atoms. The highest BCUT2D eigenvalue weighted by Gasteiger charge is 2.27. The van der Waals surface area contributed by atoms with Crippen molar-refractivity contribution < 1.29 is 4.79 Å². The lowest BCUT2D eigenvalue weighted by molar-refractivity contribution is 0.0921. The van der Waals surface area contributed by atoms with Gasteiger partial charge in [-0.05, 0) is 31.0 Å². The first-order valence-corrected chi connectivity index (χ1v) is 9.70. The van der Waals surface area contributed by atoms with Crippen molar-refractivity contribution in [3.05, 3.63) is 47.3 Å². The molecule has 3 aromatic rings. The van der Waals surface area contributed by atoms with Crippen LogP contribution in [0.25, 0.3) is 11.0 Å². The first-order chi connectivity index (χ1) is 13.5. The second kappa shape index (κ2) is 7.63. The van der Waals surface area contributed by atoms with Gasteiger partial charge < -0.3 is 15.2 Å². The van der Waals surface area contributed by atoms with Gasteiger partial charge in [0.15, 0.2) is 11.5 Å². The van der Waals surface area contributed by atoms with E-state index in [1.807, 2.05) is 25.1 Å². The summed E-state index contributed by atoms with van der Waals surface area (Å²) in [6.07, 6.45) is 2.54. The quantitative estimate of drug-likeness (QED) is 0.717. The summed E-state index contributed by atoms with van der Waals surface area (Å²) in [5.41, 5.74) is 1.87. The maximum absolute atomic E-state index is 13.1. The number of carbonyl (C=O) groups excluding carboxylic acids is 1. The predicted molar refractivity (Wildman–Crippen MR) is 106 cm³/mol. The summed E-state index contributed by atoms with van der Waals surface area (Å²) in [7, 11) is 0. The molecule has 8 nitrogen and oxygen atoms in total. The van der Waals surface area contributed by atoms with Crippen LogP contribution >= 0.6 is 0 Å². The molecular weight excluding hydrogens is 354 g/mol. The SMILES string of the molecule is Cc1nc2ncccc2cc1C(=O)N[C@@H](c1nnc2n1CCNCC2)C(C)C. The van der Waals surface area contributed by atoms with Crippen molar-refractivity contribution in [3.63, 3.8) is 0 Å². The van der Waals surface area contributed by atoms with Gasteiger partial charge in [-0.15, -0.1) is 10.2 Å². The molecule has 1 atom stereocenters. The van der Waals surface area contributed by atoms with Crippen molar-refractivity contribution in [2.75, 3.05) is 13.1 Å². The third kappa shape index (κ3) is 3.47. The zero-order valence-corrected chi connectivity index (χ0v) is 16.4. The Morgan fingerprint density at radius 2 is 2.14 bits per heavy atom. The number of hydrogen-bond donors (Lipinski definition) is 2. The van der Waals surface area contributed by atoms with E-state index in [-0.39, 0.29) is 17.9 Å². The van der Waals surface area contributed by atoms with Crippen molar-refractivity contribution in [2.45, 2.75) is 39.8 Å². The molecule has 28 heavy (non-hydrogen) atoms. The highest BCUT2D eigenvalue weighted by Crippen LogP contribution is 2.23. The van der Waals surface area contributed by atoms with Gasteiger partial charge in [0.1, 0.15) is 5.82 Å². The summed E-state index contributed by atoms with van der Waals surface area (Å²) in [4.78, 5) is 21.9. The molecule has 0 unspecified atom stereocenters. The summed E-state index contributed by atoms with van der Waals surface area (Å²) in [5.74, 6) is 1.80. The van der Waals surface area contributed by atoms with Crippen LogP contribution in [-0.4, -0.2) is 43.7 Å². The lowest BCUT2D eigenvalue weighted by atomic mass is 10.0. The molecule has 1 aliphatic rings. The average molecular weight is 379 g/mol. The second-order valence-corrected chi connectivity index (χ2v) is 7.49. The number of pyridine rings is 2. The van der Waals surface area contributed by atoms with Crippen molar-refractivity contribution in [1.29, 1.82) is 0 Å². The van der Waals surface area contributed by atoms with Gasteiger partial charge in [-0.1, -0.05) is 13.8 Å². The van der Waals surface area contributed by atoms with Crippen LogP contribution in [-0.2, 0) is 13.0 Å². The molecule has 0 aromatic carbocycles. The Kier molecular flexibility index (Phi) is 5.04. The molecule has 0 aliphatic carbocycles. The van der Waals surface area contributed by atoms with E-state index in [1.165, 1.54) is 0 Å². The van der Waals surface area contributed by atoms with Crippen LogP contribution in [0.3, 0.4) is 0 Å². The van der Waals surface area contributed by atoms with Crippen LogP contribution in [0.4, 0.5) is 0 Å². The van der Waals surface area contributed by atoms with Crippen LogP contribution in [0.1, 0.15) is 47.6 Å². The lowest BCUT2D eigenvalue weighted by Gasteiger charge is -2.23. The van der Waals surface area contributed by atoms with Crippen LogP contribution < -0.4 is 10.6 Å². The number of aryl methyl sites for hydroxylation is 1. The minimum atomic E-state index is -0.226. The van der Waals surface area contributed by atoms with E-state index in [0.29, 0.717) is 16.9 Å². The van der Waals surface area contributed by atoms with Gasteiger partial charge in [0.05, 0.1) is 17.3 Å². The Bertz CT molecular complexity index is 1010. The Hall–Kier alpha value is -2.87. The minimum Gasteiger partial charge on any atom is -0.342 e. The van der Waals surface area contributed by atoms with Gasteiger partial charge >= 0.3 is 0 Å². The minimum absolute atomic E-state index is 0.154. The predicted octanol–water partition coefficient (Wildman–Crippen LogP) is 1.80. The molecule has 8 heteroatoms. The molecule has 3 aromatic heterocycles. The fraction of sp³-hybridized carbons (Fsp3) is 0.450. The maximum atomic E-state index is 13.1. The number of nitrogens with one attached hydrogen (secondary N) is 2. The van der Waals surface area contributed by atoms with E-state index in [1.54, 1.807) is 6.20 Å². The zero-order valence-electron chi connectivity index (χ0n) is 16.4. The molecule has 146 valence electrons. The molecule has 4 rings (SSSR count). The van der Waals surface area contributed by atoms with Crippen molar-refractivity contribution >= 4 is 16.9 Å². The van der Waals surface area contributed by atoms with E-state index >= 15 is 0 Å². The molecule has 0 radical (unpaired) electrons. The largest absolute Gasteiger partial charge is 0.342 e. The molecule has 4 heterocycles. The van der Waals surface area contributed by atoms with Gasteiger partial charge in [-0.25, -0.2) is 9.97 Å². The number of rotatable bonds is 4. The fourth-order valence-corrected chi connectivity index (χ4v) is 3.60. The molecule has 0 saturated heterocycles. The number of fused-ring (bicyclic) bond motifs is 2. The van der Waals surface area contributed by atoms with Crippen LogP contribution in [0.15, 0.2) is 24.4 Å². The van der Waals surface area contributed by atoms with Crippen molar-refractivity contribution in [2.24, 2.45) is 5.92 Å². The highest BCUT2D eigenvalue weighted by atomic mass is 16.1. The van der Waals surface area contributed by atoms with E-state index in [2.05, 4.69) is 49.2 Å². The third-order valence-electron chi connectivity index (χ3n) is 5.15. The van der Waals surface area contributed by atoms with Crippen LogP contribution in [0, 0.1) is 12.8 Å². The van der Waals surface area contributed by atoms with Crippen LogP contribution in [0.2, 0.25) is 0 Å². The van der Waals surface area contributed by atoms with E-state index in [9.17, 15) is 4.79 Å². The molecule has 0 fully saturated rings. The highest BCUT2D eigenvalue weighted by molar-refractivity contribution is 5.98. The smallest absolute Gasteiger partial charge is 0.253 e. The number of carbonyl (C=O) groups is 1. The average Bonchev–Trinajstić information content (AvgIpc) is 2.92. The maximum Gasteiger partial charge on any atom is 0.253 e. The topological polar surface area (TPSA) is 97.6 Å². The van der Waals surface area contributed by atoms with Crippen molar-refractivity contribution in [1.82, 2.24) is 35.4 Å². The van der Waals surface area contributed by atoms with Gasteiger partial charge in [0, 0.05) is 37.6 Å². The number of amides is 1. The zero-order chi connectivity index (χ0) is 19.7. The Morgan fingerprint density at radius 3 is 2.96 bits per heavy atom. The van der Waals surface area contributed by atoms with E-state index in [4.69, 9.17) is 0 Å². The monoisotopic (exact) mass is 379 g/mol. The molecule has 1 amide bonds. The number of hydrogen-bond acceptors (Lipinski definition) is 6. The van der Waals surface area contributed by atoms with E-state index < -0.39 is 0 Å². The van der Waals surface area contributed by atoms with Gasteiger partial charge in [0.25, 0.3) is 5.91 Å². The van der Waals surface area contributed by atoms with Crippen molar-refractivity contribution in [3.8, 4) is 0 Å². The summed E-state index contributed by atoms with van der Waals surface area (Å²) in [6, 6.07) is 5.39. The number of nitrogens with zero attached hydrogens (tertiary/aromatic N) is 5. The summed E-state index contributed by atoms with van der Waals surface area (Å²) in [5, 5.41) is 16.2. The lowest BCUT2D eigenvalue weighted by Crippen LogP contribution is -2.34. The normalized spacial score (nSPS) is 15.3. The van der Waals surface area contributed by atoms with Gasteiger partial charge in [0.2, 0.25) is 0 Å². The standard InChI is InChI=1S/C20H25N7O/c1-12(2)17(19-26-25-16-6-8-21-9-10-27(16)19)24-20(28)15-11-14-5-4-7-22-18(14)23-13(15)3/h4-5,7,11-12,17,21H,6,8-10H2,1-3H3,(H,24,28)/t17-/m1/s1. The number of aromatic nitrogens is 5. The third-order valence-corrected chi connectivity index (χ3v) is 5.15.